The number of anilines is 2. The van der Waals surface area contributed by atoms with Gasteiger partial charge in [-0.2, -0.15) is 0 Å². The van der Waals surface area contributed by atoms with Crippen LogP contribution >= 0.6 is 0 Å². The van der Waals surface area contributed by atoms with Crippen molar-refractivity contribution in [3.63, 3.8) is 0 Å². The summed E-state index contributed by atoms with van der Waals surface area (Å²) in [5.41, 5.74) is 0. The van der Waals surface area contributed by atoms with E-state index in [9.17, 15) is 0 Å². The van der Waals surface area contributed by atoms with Gasteiger partial charge in [0.15, 0.2) is 0 Å². The lowest BCUT2D eigenvalue weighted by Gasteiger charge is -2.34. The summed E-state index contributed by atoms with van der Waals surface area (Å²) in [6.07, 6.45) is 10.0. The predicted octanol–water partition coefficient (Wildman–Crippen LogP) is 2.70. The summed E-state index contributed by atoms with van der Waals surface area (Å²) < 4.78 is 2.29. The molecular formula is C17H26N6. The van der Waals surface area contributed by atoms with Crippen LogP contribution in [0.5, 0.6) is 0 Å². The van der Waals surface area contributed by atoms with Crippen molar-refractivity contribution >= 4 is 11.6 Å². The molecule has 3 rings (SSSR count). The van der Waals surface area contributed by atoms with Crippen LogP contribution in [0.25, 0.3) is 0 Å². The molecule has 124 valence electrons. The third kappa shape index (κ3) is 3.30. The topological polar surface area (TPSA) is 50.1 Å². The second-order valence-corrected chi connectivity index (χ2v) is 6.70. The van der Waals surface area contributed by atoms with Crippen molar-refractivity contribution < 1.29 is 0 Å². The first-order valence-electron chi connectivity index (χ1n) is 8.33. The fourth-order valence-corrected chi connectivity index (χ4v) is 3.19. The summed E-state index contributed by atoms with van der Waals surface area (Å²) in [5, 5.41) is 0. The zero-order valence-electron chi connectivity index (χ0n) is 14.5. The molecule has 3 heterocycles. The van der Waals surface area contributed by atoms with Gasteiger partial charge in [0.1, 0.15) is 17.5 Å². The fourth-order valence-electron chi connectivity index (χ4n) is 3.19. The number of nitrogens with zero attached hydrogens (tertiary/aromatic N) is 6. The van der Waals surface area contributed by atoms with Crippen LogP contribution in [-0.2, 0) is 0 Å². The Bertz CT molecular complexity index is 648. The first-order valence-corrected chi connectivity index (χ1v) is 8.33. The standard InChI is InChI=1S/C17H26N6/c1-13(2)23-9-7-19-17(23)14-6-5-8-22(12-14)16-11-18-10-15(20-16)21(3)4/h7,9-11,13-14H,5-6,8,12H2,1-4H3/t14-/m0/s1. The summed E-state index contributed by atoms with van der Waals surface area (Å²) >= 11 is 0. The van der Waals surface area contributed by atoms with Crippen LogP contribution in [0.1, 0.15) is 44.5 Å². The van der Waals surface area contributed by atoms with Gasteiger partial charge in [0.25, 0.3) is 0 Å². The van der Waals surface area contributed by atoms with Crippen LogP contribution in [0.4, 0.5) is 11.6 Å². The Hall–Kier alpha value is -2.11. The molecule has 0 radical (unpaired) electrons. The Labute approximate surface area is 138 Å². The summed E-state index contributed by atoms with van der Waals surface area (Å²) in [4.78, 5) is 18.0. The van der Waals surface area contributed by atoms with Crippen LogP contribution in [0, 0.1) is 0 Å². The van der Waals surface area contributed by atoms with Gasteiger partial charge in [0.2, 0.25) is 0 Å². The largest absolute Gasteiger partial charge is 0.361 e. The monoisotopic (exact) mass is 314 g/mol. The minimum atomic E-state index is 0.444. The molecule has 0 aliphatic carbocycles. The van der Waals surface area contributed by atoms with Gasteiger partial charge in [-0.25, -0.2) is 9.97 Å². The molecule has 6 nitrogen and oxygen atoms in total. The van der Waals surface area contributed by atoms with Gasteiger partial charge in [0.05, 0.1) is 12.4 Å². The maximum Gasteiger partial charge on any atom is 0.149 e. The van der Waals surface area contributed by atoms with E-state index in [-0.39, 0.29) is 0 Å². The number of imidazole rings is 1. The van der Waals surface area contributed by atoms with E-state index in [0.717, 1.165) is 31.1 Å². The lowest BCUT2D eigenvalue weighted by molar-refractivity contribution is 0.453. The Morgan fingerprint density at radius 1 is 1.26 bits per heavy atom. The van der Waals surface area contributed by atoms with E-state index in [1.165, 1.54) is 12.2 Å². The van der Waals surface area contributed by atoms with E-state index in [2.05, 4.69) is 39.5 Å². The van der Waals surface area contributed by atoms with Gasteiger partial charge in [-0.1, -0.05) is 0 Å². The number of hydrogen-bond donors (Lipinski definition) is 0. The number of aromatic nitrogens is 4. The van der Waals surface area contributed by atoms with Crippen molar-refractivity contribution in [1.82, 2.24) is 19.5 Å². The molecule has 0 unspecified atom stereocenters. The van der Waals surface area contributed by atoms with Crippen molar-refractivity contribution in [2.24, 2.45) is 0 Å². The minimum Gasteiger partial charge on any atom is -0.361 e. The second-order valence-electron chi connectivity index (χ2n) is 6.70. The molecule has 0 N–H and O–H groups in total. The summed E-state index contributed by atoms with van der Waals surface area (Å²) in [6, 6.07) is 0.444. The zero-order chi connectivity index (χ0) is 16.4. The van der Waals surface area contributed by atoms with E-state index >= 15 is 0 Å². The van der Waals surface area contributed by atoms with Crippen molar-refractivity contribution in [2.75, 3.05) is 37.0 Å². The van der Waals surface area contributed by atoms with Gasteiger partial charge in [-0.3, -0.25) is 4.98 Å². The first-order chi connectivity index (χ1) is 11.1. The quantitative estimate of drug-likeness (QED) is 0.868. The SMILES string of the molecule is CC(C)n1ccnc1[C@H]1CCCN(c2cncc(N(C)C)n2)C1. The maximum atomic E-state index is 4.73. The Balaban J connectivity index is 1.81. The first kappa shape index (κ1) is 15.8. The molecule has 0 aromatic carbocycles. The molecule has 0 saturated carbocycles. The van der Waals surface area contributed by atoms with E-state index in [0.29, 0.717) is 12.0 Å². The molecule has 1 aliphatic heterocycles. The van der Waals surface area contributed by atoms with Crippen molar-refractivity contribution in [3.8, 4) is 0 Å². The molecule has 1 fully saturated rings. The van der Waals surface area contributed by atoms with Gasteiger partial charge in [-0.05, 0) is 26.7 Å². The normalized spacial score (nSPS) is 18.5. The molecule has 1 saturated heterocycles. The van der Waals surface area contributed by atoms with Crippen LogP contribution in [0.3, 0.4) is 0 Å². The van der Waals surface area contributed by atoms with Crippen molar-refractivity contribution in [3.05, 3.63) is 30.6 Å². The third-order valence-electron chi connectivity index (χ3n) is 4.43. The highest BCUT2D eigenvalue weighted by molar-refractivity contribution is 5.45. The molecule has 1 aliphatic rings. The average Bonchev–Trinajstić information content (AvgIpc) is 3.05. The summed E-state index contributed by atoms with van der Waals surface area (Å²) in [7, 11) is 3.98. The molecule has 2 aromatic heterocycles. The highest BCUT2D eigenvalue weighted by Gasteiger charge is 2.26. The number of hydrogen-bond acceptors (Lipinski definition) is 5. The summed E-state index contributed by atoms with van der Waals surface area (Å²) in [6.45, 7) is 6.40. The zero-order valence-corrected chi connectivity index (χ0v) is 14.5. The number of rotatable bonds is 4. The second kappa shape index (κ2) is 6.56. The Morgan fingerprint density at radius 2 is 2.09 bits per heavy atom. The Kier molecular flexibility index (Phi) is 4.50. The predicted molar refractivity (Wildman–Crippen MR) is 93.2 cm³/mol. The van der Waals surface area contributed by atoms with E-state index in [4.69, 9.17) is 4.98 Å². The van der Waals surface area contributed by atoms with Crippen LogP contribution < -0.4 is 9.80 Å². The third-order valence-corrected chi connectivity index (χ3v) is 4.43. The lowest BCUT2D eigenvalue weighted by atomic mass is 9.97. The molecule has 2 aromatic rings. The molecule has 1 atom stereocenters. The van der Waals surface area contributed by atoms with Crippen LogP contribution in [-0.4, -0.2) is 46.7 Å². The van der Waals surface area contributed by atoms with Crippen LogP contribution in [0.15, 0.2) is 24.8 Å². The Morgan fingerprint density at radius 3 is 2.83 bits per heavy atom. The van der Waals surface area contributed by atoms with Crippen molar-refractivity contribution in [1.29, 1.82) is 0 Å². The van der Waals surface area contributed by atoms with E-state index in [1.807, 2.05) is 31.4 Å². The fraction of sp³-hybridized carbons (Fsp3) is 0.588. The molecular weight excluding hydrogens is 288 g/mol. The van der Waals surface area contributed by atoms with Crippen LogP contribution in [0.2, 0.25) is 0 Å². The lowest BCUT2D eigenvalue weighted by Crippen LogP contribution is -2.36. The molecule has 23 heavy (non-hydrogen) atoms. The van der Waals surface area contributed by atoms with Gasteiger partial charge in [0, 0.05) is 51.5 Å². The van der Waals surface area contributed by atoms with Crippen molar-refractivity contribution in [2.45, 2.75) is 38.6 Å². The highest BCUT2D eigenvalue weighted by atomic mass is 15.2. The summed E-state index contributed by atoms with van der Waals surface area (Å²) in [5.74, 6) is 3.50. The van der Waals surface area contributed by atoms with E-state index < -0.39 is 0 Å². The molecule has 0 amide bonds. The average molecular weight is 314 g/mol. The van der Waals surface area contributed by atoms with Gasteiger partial charge < -0.3 is 14.4 Å². The molecule has 0 bridgehead atoms. The highest BCUT2D eigenvalue weighted by Crippen LogP contribution is 2.29. The van der Waals surface area contributed by atoms with Gasteiger partial charge >= 0.3 is 0 Å². The minimum absolute atomic E-state index is 0.444. The maximum absolute atomic E-state index is 4.73. The van der Waals surface area contributed by atoms with E-state index in [1.54, 1.807) is 6.20 Å². The molecule has 0 spiro atoms. The smallest absolute Gasteiger partial charge is 0.149 e. The molecule has 6 heteroatoms. The van der Waals surface area contributed by atoms with Gasteiger partial charge in [-0.15, -0.1) is 0 Å². The number of piperidine rings is 1.